The fraction of sp³-hybridized carbons (Fsp3) is 0.400. The van der Waals surface area contributed by atoms with Gasteiger partial charge in [0.25, 0.3) is 0 Å². The maximum atomic E-state index is 2.66. The topological polar surface area (TPSA) is 0 Å². The summed E-state index contributed by atoms with van der Waals surface area (Å²) in [5, 5.41) is 0. The van der Waals surface area contributed by atoms with Crippen LogP contribution in [0.15, 0.2) is 48.5 Å². The summed E-state index contributed by atoms with van der Waals surface area (Å²) in [6.45, 7) is 2.27. The van der Waals surface area contributed by atoms with E-state index in [0.717, 1.165) is 0 Å². The molecule has 0 saturated carbocycles. The SMILES string of the molecule is CCCCCCCCc1ccc(-c2ccccc2[SeH])cc1. The summed E-state index contributed by atoms with van der Waals surface area (Å²) >= 11 is 2.66. The van der Waals surface area contributed by atoms with Gasteiger partial charge in [-0.15, -0.1) is 0 Å². The average molecular weight is 345 g/mol. The summed E-state index contributed by atoms with van der Waals surface area (Å²) in [5.41, 5.74) is 4.11. The van der Waals surface area contributed by atoms with E-state index in [1.165, 1.54) is 66.1 Å². The molecule has 0 fully saturated rings. The molecule has 0 radical (unpaired) electrons. The molecule has 0 unspecified atom stereocenters. The third-order valence-electron chi connectivity index (χ3n) is 3.99. The molecular weight excluding hydrogens is 319 g/mol. The second-order valence-corrected chi connectivity index (χ2v) is 6.74. The van der Waals surface area contributed by atoms with Gasteiger partial charge in [-0.1, -0.05) is 13.3 Å². The van der Waals surface area contributed by atoms with Gasteiger partial charge in [0.1, 0.15) is 0 Å². The Morgan fingerprint density at radius 2 is 1.43 bits per heavy atom. The fourth-order valence-electron chi connectivity index (χ4n) is 2.68. The van der Waals surface area contributed by atoms with Gasteiger partial charge in [-0.3, -0.25) is 0 Å². The van der Waals surface area contributed by atoms with Crippen molar-refractivity contribution in [1.29, 1.82) is 0 Å². The van der Waals surface area contributed by atoms with Crippen molar-refractivity contribution in [3.05, 3.63) is 54.1 Å². The summed E-state index contributed by atoms with van der Waals surface area (Å²) < 4.78 is 1.29. The Morgan fingerprint density at radius 1 is 0.762 bits per heavy atom. The molecule has 0 aromatic heterocycles. The van der Waals surface area contributed by atoms with E-state index in [2.05, 4.69) is 71.5 Å². The molecule has 2 rings (SSSR count). The van der Waals surface area contributed by atoms with Crippen LogP contribution in [0.5, 0.6) is 0 Å². The Morgan fingerprint density at radius 3 is 2.14 bits per heavy atom. The van der Waals surface area contributed by atoms with Crippen molar-refractivity contribution < 1.29 is 0 Å². The third-order valence-corrected chi connectivity index (χ3v) is 4.81. The number of hydrogen-bond acceptors (Lipinski definition) is 0. The van der Waals surface area contributed by atoms with Crippen LogP contribution in [0, 0.1) is 0 Å². The summed E-state index contributed by atoms with van der Waals surface area (Å²) in [5.74, 6) is 0. The molecule has 0 heterocycles. The minimum atomic E-state index is 1.22. The van der Waals surface area contributed by atoms with Gasteiger partial charge in [0.05, 0.1) is 0 Å². The molecular formula is C20H26Se. The van der Waals surface area contributed by atoms with Crippen LogP contribution in [-0.2, 0) is 6.42 Å². The van der Waals surface area contributed by atoms with Crippen LogP contribution < -0.4 is 4.46 Å². The van der Waals surface area contributed by atoms with E-state index in [1.54, 1.807) is 0 Å². The zero-order valence-corrected chi connectivity index (χ0v) is 14.9. The van der Waals surface area contributed by atoms with Gasteiger partial charge < -0.3 is 0 Å². The van der Waals surface area contributed by atoms with Gasteiger partial charge in [0, 0.05) is 0 Å². The molecule has 112 valence electrons. The molecule has 0 aliphatic heterocycles. The molecule has 0 atom stereocenters. The Bertz CT molecular complexity index is 528. The van der Waals surface area contributed by atoms with E-state index in [1.807, 2.05) is 0 Å². The number of aryl methyl sites for hydroxylation is 1. The molecule has 0 bridgehead atoms. The van der Waals surface area contributed by atoms with Gasteiger partial charge in [-0.2, -0.15) is 0 Å². The molecule has 0 spiro atoms. The molecule has 0 nitrogen and oxygen atoms in total. The maximum absolute atomic E-state index is 2.66. The van der Waals surface area contributed by atoms with Crippen LogP contribution >= 0.6 is 0 Å². The van der Waals surface area contributed by atoms with Crippen molar-refractivity contribution in [3.8, 4) is 11.1 Å². The van der Waals surface area contributed by atoms with Crippen molar-refractivity contribution in [2.45, 2.75) is 51.9 Å². The standard InChI is InChI=1S/C20H26Se/c1-2-3-4-5-6-7-10-17-13-15-18(16-14-17)19-11-8-9-12-20(19)21/h8-9,11-16,21H,2-7,10H2,1H3. The Balaban J connectivity index is 1.84. The van der Waals surface area contributed by atoms with Crippen molar-refractivity contribution in [2.75, 3.05) is 0 Å². The normalized spacial score (nSPS) is 10.8. The predicted octanol–water partition coefficient (Wildman–Crippen LogP) is 4.78. The van der Waals surface area contributed by atoms with Crippen molar-refractivity contribution >= 4 is 20.5 Å². The first kappa shape index (κ1) is 16.3. The van der Waals surface area contributed by atoms with Gasteiger partial charge in [0.15, 0.2) is 0 Å². The number of unbranched alkanes of at least 4 members (excludes halogenated alkanes) is 5. The fourth-order valence-corrected chi connectivity index (χ4v) is 3.29. The molecule has 21 heavy (non-hydrogen) atoms. The summed E-state index contributed by atoms with van der Waals surface area (Å²) in [6.07, 6.45) is 9.44. The van der Waals surface area contributed by atoms with E-state index >= 15 is 0 Å². The molecule has 0 saturated heterocycles. The van der Waals surface area contributed by atoms with Crippen LogP contribution in [0.1, 0.15) is 51.0 Å². The van der Waals surface area contributed by atoms with Crippen LogP contribution in [0.25, 0.3) is 11.1 Å². The average Bonchev–Trinajstić information content (AvgIpc) is 2.52. The Labute approximate surface area is 137 Å². The number of hydrogen-bond donors (Lipinski definition) is 0. The zero-order valence-electron chi connectivity index (χ0n) is 13.0. The number of benzene rings is 2. The summed E-state index contributed by atoms with van der Waals surface area (Å²) in [4.78, 5) is 0. The van der Waals surface area contributed by atoms with Gasteiger partial charge >= 0.3 is 124 Å². The monoisotopic (exact) mass is 346 g/mol. The second-order valence-electron chi connectivity index (χ2n) is 5.73. The molecule has 0 aliphatic carbocycles. The first-order valence-electron chi connectivity index (χ1n) is 8.18. The Kier molecular flexibility index (Phi) is 7.06. The van der Waals surface area contributed by atoms with E-state index in [-0.39, 0.29) is 0 Å². The van der Waals surface area contributed by atoms with Crippen LogP contribution in [0.3, 0.4) is 0 Å². The molecule has 2 aromatic rings. The zero-order chi connectivity index (χ0) is 14.9. The van der Waals surface area contributed by atoms with Crippen molar-refractivity contribution in [1.82, 2.24) is 0 Å². The van der Waals surface area contributed by atoms with Gasteiger partial charge in [0.2, 0.25) is 0 Å². The van der Waals surface area contributed by atoms with E-state index in [4.69, 9.17) is 0 Å². The first-order valence-corrected chi connectivity index (χ1v) is 9.12. The third kappa shape index (κ3) is 5.34. The summed E-state index contributed by atoms with van der Waals surface area (Å²) in [7, 11) is 0. The molecule has 0 amide bonds. The molecule has 0 aliphatic rings. The first-order chi connectivity index (χ1) is 10.3. The van der Waals surface area contributed by atoms with Crippen LogP contribution in [0.4, 0.5) is 0 Å². The number of rotatable bonds is 8. The van der Waals surface area contributed by atoms with Gasteiger partial charge in [-0.05, 0) is 0 Å². The minimum absolute atomic E-state index is 1.22. The molecule has 1 heteroatoms. The second kappa shape index (κ2) is 9.07. The predicted molar refractivity (Wildman–Crippen MR) is 95.7 cm³/mol. The molecule has 0 N–H and O–H groups in total. The van der Waals surface area contributed by atoms with Crippen LogP contribution in [0.2, 0.25) is 0 Å². The van der Waals surface area contributed by atoms with E-state index in [9.17, 15) is 0 Å². The molecule has 2 aromatic carbocycles. The van der Waals surface area contributed by atoms with Crippen molar-refractivity contribution in [3.63, 3.8) is 0 Å². The van der Waals surface area contributed by atoms with Crippen molar-refractivity contribution in [2.24, 2.45) is 0 Å². The summed E-state index contributed by atoms with van der Waals surface area (Å²) in [6, 6.07) is 17.6. The van der Waals surface area contributed by atoms with Gasteiger partial charge in [-0.25, -0.2) is 0 Å². The van der Waals surface area contributed by atoms with E-state index in [0.29, 0.717) is 0 Å². The Hall–Kier alpha value is -1.04. The quantitative estimate of drug-likeness (QED) is 0.477. The van der Waals surface area contributed by atoms with Crippen LogP contribution in [-0.4, -0.2) is 16.0 Å². The van der Waals surface area contributed by atoms with E-state index < -0.39 is 0 Å².